The molecule has 0 atom stereocenters. The van der Waals surface area contributed by atoms with Gasteiger partial charge >= 0.3 is 0 Å². The molecule has 19 heavy (non-hydrogen) atoms. The SMILES string of the molecule is Cc1cccc(C(N)=S)c1Oc1ccc(CO)cc1. The Bertz CT molecular complexity index is 594. The molecule has 98 valence electrons. The summed E-state index contributed by atoms with van der Waals surface area (Å²) in [6.45, 7) is 1.96. The Hall–Kier alpha value is -1.91. The van der Waals surface area contributed by atoms with Gasteiger partial charge in [0.05, 0.1) is 12.2 Å². The highest BCUT2D eigenvalue weighted by atomic mass is 32.1. The highest BCUT2D eigenvalue weighted by Gasteiger charge is 2.10. The molecule has 0 saturated heterocycles. The van der Waals surface area contributed by atoms with E-state index in [0.29, 0.717) is 16.5 Å². The number of rotatable bonds is 4. The Morgan fingerprint density at radius 1 is 1.21 bits per heavy atom. The molecule has 2 aromatic rings. The largest absolute Gasteiger partial charge is 0.456 e. The van der Waals surface area contributed by atoms with Crippen LogP contribution in [0.4, 0.5) is 0 Å². The quantitative estimate of drug-likeness (QED) is 0.841. The minimum Gasteiger partial charge on any atom is -0.456 e. The number of hydrogen-bond donors (Lipinski definition) is 2. The third-order valence-corrected chi connectivity index (χ3v) is 3.02. The summed E-state index contributed by atoms with van der Waals surface area (Å²) in [5.41, 5.74) is 8.23. The second-order valence-electron chi connectivity index (χ2n) is 4.22. The van der Waals surface area contributed by atoms with Gasteiger partial charge in [-0.05, 0) is 36.2 Å². The Balaban J connectivity index is 2.34. The van der Waals surface area contributed by atoms with E-state index in [1.165, 1.54) is 0 Å². The molecule has 0 radical (unpaired) electrons. The molecule has 0 aliphatic heterocycles. The predicted octanol–water partition coefficient (Wildman–Crippen LogP) is 2.91. The average molecular weight is 273 g/mol. The van der Waals surface area contributed by atoms with Crippen LogP contribution < -0.4 is 10.5 Å². The third kappa shape index (κ3) is 3.10. The van der Waals surface area contributed by atoms with Crippen LogP contribution in [0.5, 0.6) is 11.5 Å². The van der Waals surface area contributed by atoms with Gasteiger partial charge in [0.2, 0.25) is 0 Å². The van der Waals surface area contributed by atoms with Gasteiger partial charge < -0.3 is 15.6 Å². The van der Waals surface area contributed by atoms with Gasteiger partial charge in [-0.1, -0.05) is 36.5 Å². The highest BCUT2D eigenvalue weighted by Crippen LogP contribution is 2.29. The summed E-state index contributed by atoms with van der Waals surface area (Å²) < 4.78 is 5.85. The fourth-order valence-corrected chi connectivity index (χ4v) is 1.92. The monoisotopic (exact) mass is 273 g/mol. The van der Waals surface area contributed by atoms with Gasteiger partial charge in [0.25, 0.3) is 0 Å². The highest BCUT2D eigenvalue weighted by molar-refractivity contribution is 7.80. The Morgan fingerprint density at radius 3 is 2.47 bits per heavy atom. The van der Waals surface area contributed by atoms with E-state index in [1.807, 2.05) is 37.3 Å². The molecule has 3 nitrogen and oxygen atoms in total. The van der Waals surface area contributed by atoms with Gasteiger partial charge in [0.15, 0.2) is 0 Å². The van der Waals surface area contributed by atoms with E-state index in [-0.39, 0.29) is 6.61 Å². The van der Waals surface area contributed by atoms with Crippen LogP contribution in [0.2, 0.25) is 0 Å². The van der Waals surface area contributed by atoms with Crippen molar-refractivity contribution in [2.24, 2.45) is 5.73 Å². The number of aliphatic hydroxyl groups excluding tert-OH is 1. The first kappa shape index (κ1) is 13.5. The second-order valence-corrected chi connectivity index (χ2v) is 4.66. The Morgan fingerprint density at radius 2 is 1.89 bits per heavy atom. The molecule has 0 saturated carbocycles. The molecule has 4 heteroatoms. The maximum atomic E-state index is 9.00. The zero-order valence-electron chi connectivity index (χ0n) is 10.6. The van der Waals surface area contributed by atoms with Gasteiger partial charge in [-0.25, -0.2) is 0 Å². The number of aliphatic hydroxyl groups is 1. The van der Waals surface area contributed by atoms with E-state index < -0.39 is 0 Å². The molecule has 0 spiro atoms. The summed E-state index contributed by atoms with van der Waals surface area (Å²) in [6, 6.07) is 12.9. The van der Waals surface area contributed by atoms with Crippen LogP contribution in [0.15, 0.2) is 42.5 Å². The molecular weight excluding hydrogens is 258 g/mol. The fraction of sp³-hybridized carbons (Fsp3) is 0.133. The summed E-state index contributed by atoms with van der Waals surface area (Å²) in [4.78, 5) is 0.311. The number of thiocarbonyl (C=S) groups is 1. The number of nitrogens with two attached hydrogens (primary N) is 1. The molecule has 0 bridgehead atoms. The maximum absolute atomic E-state index is 9.00. The standard InChI is InChI=1S/C15H15NO2S/c1-10-3-2-4-13(15(16)19)14(10)18-12-7-5-11(9-17)6-8-12/h2-8,17H,9H2,1H3,(H2,16,19). The van der Waals surface area contributed by atoms with Crippen molar-refractivity contribution in [1.82, 2.24) is 0 Å². The predicted molar refractivity (Wildman–Crippen MR) is 79.5 cm³/mol. The van der Waals surface area contributed by atoms with E-state index >= 15 is 0 Å². The molecular formula is C15H15NO2S. The van der Waals surface area contributed by atoms with E-state index in [2.05, 4.69) is 0 Å². The van der Waals surface area contributed by atoms with Crippen LogP contribution in [0.25, 0.3) is 0 Å². The smallest absolute Gasteiger partial charge is 0.140 e. The van der Waals surface area contributed by atoms with Crippen molar-refractivity contribution in [3.05, 3.63) is 59.2 Å². The van der Waals surface area contributed by atoms with Gasteiger partial charge in [0, 0.05) is 0 Å². The molecule has 0 amide bonds. The molecule has 0 aliphatic rings. The van der Waals surface area contributed by atoms with Crippen LogP contribution in [0.1, 0.15) is 16.7 Å². The zero-order valence-corrected chi connectivity index (χ0v) is 11.4. The van der Waals surface area contributed by atoms with Gasteiger partial charge in [0.1, 0.15) is 16.5 Å². The molecule has 0 fully saturated rings. The number of benzene rings is 2. The summed E-state index contributed by atoms with van der Waals surface area (Å²) in [7, 11) is 0. The lowest BCUT2D eigenvalue weighted by Gasteiger charge is -2.13. The molecule has 0 heterocycles. The molecule has 3 N–H and O–H groups in total. The number of ether oxygens (including phenoxy) is 1. The number of para-hydroxylation sites is 1. The lowest BCUT2D eigenvalue weighted by Crippen LogP contribution is -2.11. The summed E-state index contributed by atoms with van der Waals surface area (Å²) >= 11 is 5.03. The summed E-state index contributed by atoms with van der Waals surface area (Å²) in [5, 5.41) is 9.00. The van der Waals surface area contributed by atoms with Crippen molar-refractivity contribution in [2.75, 3.05) is 0 Å². The second kappa shape index (κ2) is 5.82. The van der Waals surface area contributed by atoms with Gasteiger partial charge in [-0.2, -0.15) is 0 Å². The van der Waals surface area contributed by atoms with Crippen molar-refractivity contribution in [3.8, 4) is 11.5 Å². The van der Waals surface area contributed by atoms with E-state index in [0.717, 1.165) is 16.7 Å². The van der Waals surface area contributed by atoms with Crippen LogP contribution >= 0.6 is 12.2 Å². The molecule has 0 aliphatic carbocycles. The van der Waals surface area contributed by atoms with E-state index in [1.54, 1.807) is 12.1 Å². The van der Waals surface area contributed by atoms with Crippen LogP contribution in [-0.2, 0) is 6.61 Å². The van der Waals surface area contributed by atoms with Gasteiger partial charge in [-0.3, -0.25) is 0 Å². The first-order chi connectivity index (χ1) is 9.11. The van der Waals surface area contributed by atoms with Crippen molar-refractivity contribution in [1.29, 1.82) is 0 Å². The number of aryl methyl sites for hydroxylation is 1. The lowest BCUT2D eigenvalue weighted by molar-refractivity contribution is 0.281. The van der Waals surface area contributed by atoms with Crippen molar-refractivity contribution >= 4 is 17.2 Å². The molecule has 2 aromatic carbocycles. The van der Waals surface area contributed by atoms with Crippen molar-refractivity contribution in [3.63, 3.8) is 0 Å². The van der Waals surface area contributed by atoms with Crippen LogP contribution in [0.3, 0.4) is 0 Å². The minimum absolute atomic E-state index is 0.0166. The van der Waals surface area contributed by atoms with Crippen LogP contribution in [0, 0.1) is 6.92 Å². The minimum atomic E-state index is 0.0166. The summed E-state index contributed by atoms with van der Waals surface area (Å²) in [5.74, 6) is 1.36. The third-order valence-electron chi connectivity index (χ3n) is 2.80. The average Bonchev–Trinajstić information content (AvgIpc) is 2.41. The summed E-state index contributed by atoms with van der Waals surface area (Å²) in [6.07, 6.45) is 0. The maximum Gasteiger partial charge on any atom is 0.140 e. The Labute approximate surface area is 117 Å². The lowest BCUT2D eigenvalue weighted by atomic mass is 10.1. The molecule has 2 rings (SSSR count). The van der Waals surface area contributed by atoms with Crippen molar-refractivity contribution < 1.29 is 9.84 Å². The topological polar surface area (TPSA) is 55.5 Å². The van der Waals surface area contributed by atoms with E-state index in [9.17, 15) is 0 Å². The fourth-order valence-electron chi connectivity index (χ4n) is 1.76. The zero-order chi connectivity index (χ0) is 13.8. The Kier molecular flexibility index (Phi) is 4.14. The van der Waals surface area contributed by atoms with Crippen LogP contribution in [-0.4, -0.2) is 10.1 Å². The van der Waals surface area contributed by atoms with Crippen molar-refractivity contribution in [2.45, 2.75) is 13.5 Å². The first-order valence-corrected chi connectivity index (χ1v) is 6.29. The normalized spacial score (nSPS) is 10.2. The van der Waals surface area contributed by atoms with Gasteiger partial charge in [-0.15, -0.1) is 0 Å². The van der Waals surface area contributed by atoms with E-state index in [4.69, 9.17) is 27.8 Å². The first-order valence-electron chi connectivity index (χ1n) is 5.89. The molecule has 0 unspecified atom stereocenters. The number of hydrogen-bond acceptors (Lipinski definition) is 3. The molecule has 0 aromatic heterocycles.